The lowest BCUT2D eigenvalue weighted by Gasteiger charge is -2.31. The maximum atomic E-state index is 13.7. The number of benzene rings is 1. The molecule has 1 aromatic rings. The van der Waals surface area contributed by atoms with Crippen LogP contribution in [-0.2, 0) is 17.3 Å². The van der Waals surface area contributed by atoms with Crippen LogP contribution in [0.4, 0.5) is 4.39 Å². The molecule has 112 valence electrons. The van der Waals surface area contributed by atoms with Crippen molar-refractivity contribution in [2.75, 3.05) is 5.75 Å². The van der Waals surface area contributed by atoms with Crippen LogP contribution in [0.1, 0.15) is 38.2 Å². The Hall–Kier alpha value is -0.450. The van der Waals surface area contributed by atoms with Gasteiger partial charge < -0.3 is 5.32 Å². The van der Waals surface area contributed by atoms with Crippen molar-refractivity contribution in [3.8, 4) is 0 Å². The van der Waals surface area contributed by atoms with Crippen molar-refractivity contribution < 1.29 is 8.60 Å². The highest BCUT2D eigenvalue weighted by molar-refractivity contribution is 7.85. The van der Waals surface area contributed by atoms with Gasteiger partial charge in [0.05, 0.1) is 5.25 Å². The van der Waals surface area contributed by atoms with Crippen molar-refractivity contribution in [2.45, 2.75) is 50.4 Å². The fourth-order valence-corrected chi connectivity index (χ4v) is 4.43. The molecule has 0 radical (unpaired) electrons. The molecule has 5 heteroatoms. The predicted octanol–water partition coefficient (Wildman–Crippen LogP) is 3.65. The van der Waals surface area contributed by atoms with E-state index in [9.17, 15) is 8.60 Å². The molecule has 1 saturated carbocycles. The van der Waals surface area contributed by atoms with Crippen molar-refractivity contribution in [1.29, 1.82) is 0 Å². The highest BCUT2D eigenvalue weighted by Crippen LogP contribution is 2.24. The van der Waals surface area contributed by atoms with E-state index >= 15 is 0 Å². The highest BCUT2D eigenvalue weighted by atomic mass is 35.5. The normalized spacial score (nSPS) is 24.6. The van der Waals surface area contributed by atoms with Gasteiger partial charge in [-0.05, 0) is 31.0 Å². The summed E-state index contributed by atoms with van der Waals surface area (Å²) in [6.07, 6.45) is 4.29. The fraction of sp³-hybridized carbons (Fsp3) is 0.600. The molecule has 0 heterocycles. The minimum atomic E-state index is -0.793. The molecule has 2 nitrogen and oxygen atoms in total. The summed E-state index contributed by atoms with van der Waals surface area (Å²) in [5, 5.41) is 4.11. The fourth-order valence-electron chi connectivity index (χ4n) is 2.78. The number of halogens is 2. The van der Waals surface area contributed by atoms with Gasteiger partial charge in [-0.15, -0.1) is 0 Å². The monoisotopic (exact) mass is 317 g/mol. The molecule has 0 spiro atoms. The van der Waals surface area contributed by atoms with E-state index in [4.69, 9.17) is 11.6 Å². The molecule has 0 aliphatic heterocycles. The molecule has 1 aromatic carbocycles. The average Bonchev–Trinajstić information content (AvgIpc) is 2.47. The van der Waals surface area contributed by atoms with Crippen molar-refractivity contribution >= 4 is 22.4 Å². The van der Waals surface area contributed by atoms with E-state index < -0.39 is 10.8 Å². The van der Waals surface area contributed by atoms with Gasteiger partial charge in [-0.1, -0.05) is 31.4 Å². The van der Waals surface area contributed by atoms with E-state index in [1.807, 2.05) is 6.92 Å². The van der Waals surface area contributed by atoms with E-state index in [2.05, 4.69) is 5.32 Å². The van der Waals surface area contributed by atoms with E-state index in [1.54, 1.807) is 12.1 Å². The summed E-state index contributed by atoms with van der Waals surface area (Å²) >= 11 is 5.90. The van der Waals surface area contributed by atoms with Gasteiger partial charge >= 0.3 is 0 Å². The summed E-state index contributed by atoms with van der Waals surface area (Å²) in [4.78, 5) is 0. The van der Waals surface area contributed by atoms with Gasteiger partial charge in [0, 0.05) is 39.7 Å². The molecule has 1 N–H and O–H groups in total. The first-order valence-electron chi connectivity index (χ1n) is 7.16. The molecule has 0 amide bonds. The molecule has 0 saturated heterocycles. The molecule has 1 aliphatic rings. The Morgan fingerprint density at radius 2 is 2.15 bits per heavy atom. The topological polar surface area (TPSA) is 29.1 Å². The van der Waals surface area contributed by atoms with Crippen LogP contribution in [0.15, 0.2) is 18.2 Å². The maximum absolute atomic E-state index is 13.7. The summed E-state index contributed by atoms with van der Waals surface area (Å²) in [5.74, 6) is 0.444. The van der Waals surface area contributed by atoms with Gasteiger partial charge in [0.1, 0.15) is 5.82 Å². The molecular formula is C15H21ClFNOS. The molecule has 0 bridgehead atoms. The van der Waals surface area contributed by atoms with Crippen LogP contribution in [0, 0.1) is 5.82 Å². The third kappa shape index (κ3) is 4.03. The Balaban J connectivity index is 2.00. The summed E-state index contributed by atoms with van der Waals surface area (Å²) < 4.78 is 25.8. The number of nitrogens with one attached hydrogen (secondary N) is 1. The van der Waals surface area contributed by atoms with Crippen molar-refractivity contribution in [1.82, 2.24) is 5.32 Å². The minimum Gasteiger partial charge on any atom is -0.309 e. The summed E-state index contributed by atoms with van der Waals surface area (Å²) in [6, 6.07) is 4.80. The first kappa shape index (κ1) is 15.9. The lowest BCUT2D eigenvalue weighted by molar-refractivity contribution is 0.375. The molecule has 0 aromatic heterocycles. The van der Waals surface area contributed by atoms with Gasteiger partial charge in [0.2, 0.25) is 0 Å². The third-order valence-corrected chi connectivity index (χ3v) is 5.93. The van der Waals surface area contributed by atoms with Gasteiger partial charge in [-0.2, -0.15) is 0 Å². The van der Waals surface area contributed by atoms with Crippen molar-refractivity contribution in [3.05, 3.63) is 34.6 Å². The average molecular weight is 318 g/mol. The Bertz CT molecular complexity index is 483. The Labute approximate surface area is 127 Å². The van der Waals surface area contributed by atoms with Gasteiger partial charge in [0.15, 0.2) is 0 Å². The molecule has 0 unspecified atom stereocenters. The summed E-state index contributed by atoms with van der Waals surface area (Å²) in [7, 11) is -0.793. The zero-order chi connectivity index (χ0) is 14.5. The van der Waals surface area contributed by atoms with E-state index in [0.29, 0.717) is 22.9 Å². The number of rotatable bonds is 5. The molecule has 2 rings (SSSR count). The van der Waals surface area contributed by atoms with E-state index in [-0.39, 0.29) is 17.1 Å². The first-order valence-corrected chi connectivity index (χ1v) is 8.92. The second-order valence-corrected chi connectivity index (χ2v) is 7.60. The van der Waals surface area contributed by atoms with E-state index in [0.717, 1.165) is 25.7 Å². The standard InChI is InChI=1S/C15H21ClFNOS/c1-2-20(19)15-6-4-3-5-14(15)18-10-11-9-12(16)7-8-13(11)17/h7-9,14-15,18H,2-6,10H2,1H3/t14-,15-,20+/m0/s1. The van der Waals surface area contributed by atoms with Crippen LogP contribution >= 0.6 is 11.6 Å². The highest BCUT2D eigenvalue weighted by Gasteiger charge is 2.28. The predicted molar refractivity (Wildman–Crippen MR) is 83.0 cm³/mol. The van der Waals surface area contributed by atoms with Crippen LogP contribution in [0.25, 0.3) is 0 Å². The van der Waals surface area contributed by atoms with Gasteiger partial charge in [0.25, 0.3) is 0 Å². The lowest BCUT2D eigenvalue weighted by Crippen LogP contribution is -2.44. The molecule has 1 fully saturated rings. The SMILES string of the molecule is CC[S@@](=O)[C@H]1CCCC[C@@H]1NCc1cc(Cl)ccc1F. The molecule has 1 aliphatic carbocycles. The van der Waals surface area contributed by atoms with Crippen molar-refractivity contribution in [2.24, 2.45) is 0 Å². The molecule has 20 heavy (non-hydrogen) atoms. The van der Waals surface area contributed by atoms with Crippen molar-refractivity contribution in [3.63, 3.8) is 0 Å². The summed E-state index contributed by atoms with van der Waals surface area (Å²) in [5.41, 5.74) is 0.573. The second-order valence-electron chi connectivity index (χ2n) is 5.22. The van der Waals surface area contributed by atoms with Crippen LogP contribution in [-0.4, -0.2) is 21.3 Å². The van der Waals surface area contributed by atoms with Crippen LogP contribution in [0.2, 0.25) is 5.02 Å². The Kier molecular flexibility index (Phi) is 6.00. The third-order valence-electron chi connectivity index (χ3n) is 3.89. The molecular weight excluding hydrogens is 297 g/mol. The number of hydrogen-bond acceptors (Lipinski definition) is 2. The zero-order valence-electron chi connectivity index (χ0n) is 11.7. The Morgan fingerprint density at radius 3 is 2.90 bits per heavy atom. The largest absolute Gasteiger partial charge is 0.309 e. The van der Waals surface area contributed by atoms with Gasteiger partial charge in [-0.25, -0.2) is 4.39 Å². The minimum absolute atomic E-state index is 0.191. The maximum Gasteiger partial charge on any atom is 0.127 e. The summed E-state index contributed by atoms with van der Waals surface area (Å²) in [6.45, 7) is 2.40. The Morgan fingerprint density at radius 1 is 1.40 bits per heavy atom. The smallest absolute Gasteiger partial charge is 0.127 e. The van der Waals surface area contributed by atoms with Crippen LogP contribution in [0.5, 0.6) is 0 Å². The zero-order valence-corrected chi connectivity index (χ0v) is 13.3. The van der Waals surface area contributed by atoms with Crippen LogP contribution < -0.4 is 5.32 Å². The quantitative estimate of drug-likeness (QED) is 0.898. The number of hydrogen-bond donors (Lipinski definition) is 1. The van der Waals surface area contributed by atoms with Crippen LogP contribution in [0.3, 0.4) is 0 Å². The first-order chi connectivity index (χ1) is 9.61. The second kappa shape index (κ2) is 7.53. The van der Waals surface area contributed by atoms with Gasteiger partial charge in [-0.3, -0.25) is 4.21 Å². The van der Waals surface area contributed by atoms with E-state index in [1.165, 1.54) is 6.07 Å². The lowest BCUT2D eigenvalue weighted by atomic mass is 9.94. The molecule has 3 atom stereocenters.